The number of benzene rings is 1. The van der Waals surface area contributed by atoms with Crippen molar-refractivity contribution in [2.75, 3.05) is 0 Å². The number of alkyl halides is 1. The van der Waals surface area contributed by atoms with Crippen molar-refractivity contribution in [2.24, 2.45) is 0 Å². The summed E-state index contributed by atoms with van der Waals surface area (Å²) in [5.41, 5.74) is 0.829. The zero-order valence-electron chi connectivity index (χ0n) is 11.9. The van der Waals surface area contributed by atoms with Crippen LogP contribution in [-0.4, -0.2) is 10.6 Å². The maximum atomic E-state index is 12.0. The van der Waals surface area contributed by atoms with Gasteiger partial charge in [0.15, 0.2) is 5.78 Å². The van der Waals surface area contributed by atoms with Crippen LogP contribution in [0.4, 0.5) is 0 Å². The summed E-state index contributed by atoms with van der Waals surface area (Å²) in [6.07, 6.45) is 9.57. The molecule has 1 nitrogen and oxygen atoms in total. The van der Waals surface area contributed by atoms with Gasteiger partial charge in [-0.25, -0.2) is 0 Å². The first-order valence-electron chi connectivity index (χ1n) is 7.46. The first-order valence-corrected chi connectivity index (χ1v) is 8.38. The van der Waals surface area contributed by atoms with E-state index in [9.17, 15) is 4.79 Å². The second-order valence-electron chi connectivity index (χ2n) is 5.15. The van der Waals surface area contributed by atoms with Crippen LogP contribution in [0.2, 0.25) is 0 Å². The van der Waals surface area contributed by atoms with Crippen molar-refractivity contribution in [3.05, 3.63) is 35.9 Å². The SMILES string of the molecule is CCCCCCCCC(Br)CC(=O)c1ccccc1. The lowest BCUT2D eigenvalue weighted by Gasteiger charge is -2.09. The van der Waals surface area contributed by atoms with Crippen molar-refractivity contribution in [3.63, 3.8) is 0 Å². The Morgan fingerprint density at radius 1 is 1.05 bits per heavy atom. The number of hydrogen-bond acceptors (Lipinski definition) is 1. The molecular formula is C17H25BrO. The molecule has 0 bridgehead atoms. The summed E-state index contributed by atoms with van der Waals surface area (Å²) in [7, 11) is 0. The molecule has 1 aromatic rings. The third-order valence-corrected chi connectivity index (χ3v) is 4.16. The van der Waals surface area contributed by atoms with Gasteiger partial charge in [0.05, 0.1) is 0 Å². The predicted octanol–water partition coefficient (Wildman–Crippen LogP) is 5.77. The minimum Gasteiger partial charge on any atom is -0.294 e. The van der Waals surface area contributed by atoms with Gasteiger partial charge in [-0.05, 0) is 6.42 Å². The van der Waals surface area contributed by atoms with Crippen LogP contribution >= 0.6 is 15.9 Å². The summed E-state index contributed by atoms with van der Waals surface area (Å²) in [6, 6.07) is 9.58. The molecule has 1 rings (SSSR count). The number of carbonyl (C=O) groups is 1. The standard InChI is InChI=1S/C17H25BrO/c1-2-3-4-5-6-10-13-16(18)14-17(19)15-11-8-7-9-12-15/h7-9,11-12,16H,2-6,10,13-14H2,1H3. The summed E-state index contributed by atoms with van der Waals surface area (Å²) in [5.74, 6) is 0.244. The summed E-state index contributed by atoms with van der Waals surface area (Å²) in [6.45, 7) is 2.24. The Hall–Kier alpha value is -0.630. The smallest absolute Gasteiger partial charge is 0.163 e. The van der Waals surface area contributed by atoms with E-state index in [-0.39, 0.29) is 5.78 Å². The first-order chi connectivity index (χ1) is 9.24. The fourth-order valence-electron chi connectivity index (χ4n) is 2.19. The summed E-state index contributed by atoms with van der Waals surface area (Å²) in [5, 5.41) is 0. The quantitative estimate of drug-likeness (QED) is 0.303. The fraction of sp³-hybridized carbons (Fsp3) is 0.588. The van der Waals surface area contributed by atoms with Gasteiger partial charge in [0.2, 0.25) is 0 Å². The number of rotatable bonds is 10. The molecule has 0 radical (unpaired) electrons. The number of ketones is 1. The Balaban J connectivity index is 2.14. The minimum absolute atomic E-state index is 0.244. The highest BCUT2D eigenvalue weighted by atomic mass is 79.9. The molecule has 2 heteroatoms. The van der Waals surface area contributed by atoms with Gasteiger partial charge >= 0.3 is 0 Å². The van der Waals surface area contributed by atoms with Gasteiger partial charge in [0.1, 0.15) is 0 Å². The normalized spacial score (nSPS) is 12.3. The second kappa shape index (κ2) is 10.2. The number of halogens is 1. The van der Waals surface area contributed by atoms with Crippen molar-refractivity contribution in [1.29, 1.82) is 0 Å². The molecule has 0 aromatic heterocycles. The number of Topliss-reactive ketones (excluding diaryl/α,β-unsaturated/α-hetero) is 1. The highest BCUT2D eigenvalue weighted by Gasteiger charge is 2.11. The van der Waals surface area contributed by atoms with E-state index in [0.717, 1.165) is 12.0 Å². The zero-order chi connectivity index (χ0) is 13.9. The van der Waals surface area contributed by atoms with E-state index >= 15 is 0 Å². The molecule has 0 saturated carbocycles. The van der Waals surface area contributed by atoms with Gasteiger partial charge in [-0.3, -0.25) is 4.79 Å². The highest BCUT2D eigenvalue weighted by Crippen LogP contribution is 2.18. The molecule has 0 aliphatic rings. The molecule has 0 aliphatic carbocycles. The van der Waals surface area contributed by atoms with Crippen molar-refractivity contribution in [3.8, 4) is 0 Å². The van der Waals surface area contributed by atoms with Crippen molar-refractivity contribution in [2.45, 2.75) is 63.1 Å². The summed E-state index contributed by atoms with van der Waals surface area (Å²) >= 11 is 3.64. The zero-order valence-corrected chi connectivity index (χ0v) is 13.5. The molecule has 0 saturated heterocycles. The van der Waals surface area contributed by atoms with Crippen LogP contribution in [0.25, 0.3) is 0 Å². The van der Waals surface area contributed by atoms with Gasteiger partial charge in [-0.2, -0.15) is 0 Å². The first kappa shape index (κ1) is 16.4. The Bertz CT molecular complexity index is 348. The molecule has 1 atom stereocenters. The van der Waals surface area contributed by atoms with E-state index in [1.54, 1.807) is 0 Å². The van der Waals surface area contributed by atoms with Gasteiger partial charge in [-0.1, -0.05) is 91.7 Å². The maximum absolute atomic E-state index is 12.0. The van der Waals surface area contributed by atoms with E-state index in [4.69, 9.17) is 0 Å². The van der Waals surface area contributed by atoms with E-state index in [2.05, 4.69) is 22.9 Å². The molecule has 0 fully saturated rings. The molecule has 106 valence electrons. The Morgan fingerprint density at radius 2 is 1.68 bits per heavy atom. The number of carbonyl (C=O) groups excluding carboxylic acids is 1. The summed E-state index contributed by atoms with van der Waals surface area (Å²) in [4.78, 5) is 12.3. The lowest BCUT2D eigenvalue weighted by molar-refractivity contribution is 0.0981. The molecule has 1 unspecified atom stereocenters. The van der Waals surface area contributed by atoms with Crippen LogP contribution in [0, 0.1) is 0 Å². The third kappa shape index (κ3) is 7.51. The third-order valence-electron chi connectivity index (χ3n) is 3.37. The minimum atomic E-state index is 0.244. The van der Waals surface area contributed by atoms with Crippen LogP contribution < -0.4 is 0 Å². The molecule has 19 heavy (non-hydrogen) atoms. The van der Waals surface area contributed by atoms with Gasteiger partial charge in [0.25, 0.3) is 0 Å². The summed E-state index contributed by atoms with van der Waals surface area (Å²) < 4.78 is 0. The van der Waals surface area contributed by atoms with Crippen LogP contribution in [0.5, 0.6) is 0 Å². The Kier molecular flexibility index (Phi) is 8.81. The Labute approximate surface area is 125 Å². The fourth-order valence-corrected chi connectivity index (χ4v) is 2.81. The van der Waals surface area contributed by atoms with Crippen LogP contribution in [0.1, 0.15) is 68.6 Å². The average Bonchev–Trinajstić information content (AvgIpc) is 2.43. The van der Waals surface area contributed by atoms with E-state index in [1.165, 1.54) is 38.5 Å². The molecule has 0 amide bonds. The molecule has 0 heterocycles. The lowest BCUT2D eigenvalue weighted by atomic mass is 10.0. The van der Waals surface area contributed by atoms with Crippen LogP contribution in [0.15, 0.2) is 30.3 Å². The number of unbranched alkanes of at least 4 members (excludes halogenated alkanes) is 5. The van der Waals surface area contributed by atoms with Crippen LogP contribution in [0.3, 0.4) is 0 Å². The Morgan fingerprint density at radius 3 is 2.37 bits per heavy atom. The van der Waals surface area contributed by atoms with Gasteiger partial charge < -0.3 is 0 Å². The van der Waals surface area contributed by atoms with Crippen molar-refractivity contribution in [1.82, 2.24) is 0 Å². The van der Waals surface area contributed by atoms with E-state index in [0.29, 0.717) is 11.2 Å². The average molecular weight is 325 g/mol. The van der Waals surface area contributed by atoms with Crippen molar-refractivity contribution >= 4 is 21.7 Å². The molecule has 0 N–H and O–H groups in total. The van der Waals surface area contributed by atoms with Crippen LogP contribution in [-0.2, 0) is 0 Å². The van der Waals surface area contributed by atoms with Gasteiger partial charge in [-0.15, -0.1) is 0 Å². The largest absolute Gasteiger partial charge is 0.294 e. The highest BCUT2D eigenvalue weighted by molar-refractivity contribution is 9.09. The lowest BCUT2D eigenvalue weighted by Crippen LogP contribution is -2.08. The van der Waals surface area contributed by atoms with Crippen molar-refractivity contribution < 1.29 is 4.79 Å². The van der Waals surface area contributed by atoms with E-state index in [1.807, 2.05) is 30.3 Å². The molecule has 1 aromatic carbocycles. The monoisotopic (exact) mass is 324 g/mol. The predicted molar refractivity (Wildman–Crippen MR) is 86.1 cm³/mol. The second-order valence-corrected chi connectivity index (χ2v) is 6.44. The molecule has 0 spiro atoms. The number of hydrogen-bond donors (Lipinski definition) is 0. The molecular weight excluding hydrogens is 300 g/mol. The van der Waals surface area contributed by atoms with E-state index < -0.39 is 0 Å². The van der Waals surface area contributed by atoms with Gasteiger partial charge in [0, 0.05) is 16.8 Å². The maximum Gasteiger partial charge on any atom is 0.163 e. The topological polar surface area (TPSA) is 17.1 Å². The molecule has 0 aliphatic heterocycles.